The maximum Gasteiger partial charge on any atom is 0.0599 e. The summed E-state index contributed by atoms with van der Waals surface area (Å²) >= 11 is 0. The van der Waals surface area contributed by atoms with Crippen molar-refractivity contribution in [3.63, 3.8) is 0 Å². The summed E-state index contributed by atoms with van der Waals surface area (Å²) in [5.74, 6) is 0. The minimum absolute atomic E-state index is 0.106. The van der Waals surface area contributed by atoms with Gasteiger partial charge in [-0.25, -0.2) is 0 Å². The predicted octanol–water partition coefficient (Wildman–Crippen LogP) is 4.23. The molecule has 0 aromatic heterocycles. The van der Waals surface area contributed by atoms with Crippen LogP contribution in [0.3, 0.4) is 0 Å². The fraction of sp³-hybridized carbons (Fsp3) is 0.733. The van der Waals surface area contributed by atoms with Gasteiger partial charge in [-0.05, 0) is 58.3 Å². The Morgan fingerprint density at radius 3 is 2.75 bits per heavy atom. The van der Waals surface area contributed by atoms with Gasteiger partial charge in [-0.1, -0.05) is 30.2 Å². The van der Waals surface area contributed by atoms with Gasteiger partial charge in [0.05, 0.1) is 6.10 Å². The Morgan fingerprint density at radius 1 is 1.56 bits per heavy atom. The van der Waals surface area contributed by atoms with Gasteiger partial charge >= 0.3 is 0 Å². The summed E-state index contributed by atoms with van der Waals surface area (Å²) < 4.78 is 0. The molecule has 1 rings (SSSR count). The molecular weight excluding hydrogens is 196 g/mol. The van der Waals surface area contributed by atoms with E-state index in [0.717, 1.165) is 32.1 Å². The molecule has 0 aromatic rings. The minimum atomic E-state index is -0.160. The summed E-state index contributed by atoms with van der Waals surface area (Å²) in [6, 6.07) is 0. The van der Waals surface area contributed by atoms with Crippen molar-refractivity contribution < 1.29 is 5.11 Å². The van der Waals surface area contributed by atoms with Crippen molar-refractivity contribution in [2.75, 3.05) is 0 Å². The normalized spacial score (nSPS) is 27.2. The third-order valence-electron chi connectivity index (χ3n) is 3.80. The number of hydrogen-bond donors (Lipinski definition) is 1. The zero-order valence-corrected chi connectivity index (χ0v) is 11.2. The molecule has 1 aliphatic carbocycles. The van der Waals surface area contributed by atoms with Crippen LogP contribution in [0.1, 0.15) is 59.8 Å². The van der Waals surface area contributed by atoms with E-state index in [4.69, 9.17) is 0 Å². The second-order valence-electron chi connectivity index (χ2n) is 5.78. The van der Waals surface area contributed by atoms with E-state index >= 15 is 0 Å². The summed E-state index contributed by atoms with van der Waals surface area (Å²) in [5.41, 5.74) is 2.93. The number of allylic oxidation sites excluding steroid dienone is 4. The highest BCUT2D eigenvalue weighted by Gasteiger charge is 2.32. The Balaban J connectivity index is 2.47. The van der Waals surface area contributed by atoms with Crippen LogP contribution in [-0.2, 0) is 0 Å². The van der Waals surface area contributed by atoms with Crippen LogP contribution in [0.15, 0.2) is 23.3 Å². The van der Waals surface area contributed by atoms with Gasteiger partial charge in [-0.2, -0.15) is 0 Å². The van der Waals surface area contributed by atoms with Crippen molar-refractivity contribution in [2.45, 2.75) is 65.9 Å². The first-order chi connectivity index (χ1) is 7.44. The first kappa shape index (κ1) is 13.5. The highest BCUT2D eigenvalue weighted by molar-refractivity contribution is 5.08. The van der Waals surface area contributed by atoms with E-state index in [1.165, 1.54) is 11.1 Å². The lowest BCUT2D eigenvalue weighted by Crippen LogP contribution is -2.33. The van der Waals surface area contributed by atoms with Crippen LogP contribution in [0.2, 0.25) is 0 Å². The standard InChI is InChI=1S/C15H26O/c1-12(2)6-5-7-14(16)15(4)10-8-13(3)9-11-15/h6,8,14,16H,5,7,9-11H2,1-4H3. The molecule has 0 heterocycles. The minimum Gasteiger partial charge on any atom is -0.393 e. The fourth-order valence-electron chi connectivity index (χ4n) is 2.28. The van der Waals surface area contributed by atoms with Crippen LogP contribution in [0.4, 0.5) is 0 Å². The molecule has 2 atom stereocenters. The Kier molecular flexibility index (Phi) is 4.79. The summed E-state index contributed by atoms with van der Waals surface area (Å²) in [4.78, 5) is 0. The van der Waals surface area contributed by atoms with Crippen molar-refractivity contribution in [1.82, 2.24) is 0 Å². The number of hydrogen-bond acceptors (Lipinski definition) is 1. The molecule has 1 heteroatoms. The van der Waals surface area contributed by atoms with Crippen molar-refractivity contribution in [3.05, 3.63) is 23.3 Å². The van der Waals surface area contributed by atoms with E-state index in [9.17, 15) is 5.11 Å². The zero-order valence-electron chi connectivity index (χ0n) is 11.2. The van der Waals surface area contributed by atoms with Crippen molar-refractivity contribution >= 4 is 0 Å². The van der Waals surface area contributed by atoms with Crippen LogP contribution in [-0.4, -0.2) is 11.2 Å². The lowest BCUT2D eigenvalue weighted by atomic mass is 9.71. The SMILES string of the molecule is CC(C)=CCCC(O)C1(C)CC=C(C)CC1. The van der Waals surface area contributed by atoms with E-state index in [1.54, 1.807) is 0 Å². The van der Waals surface area contributed by atoms with Crippen LogP contribution < -0.4 is 0 Å². The van der Waals surface area contributed by atoms with E-state index in [1.807, 2.05) is 0 Å². The molecule has 0 saturated carbocycles. The first-order valence-corrected chi connectivity index (χ1v) is 6.41. The molecule has 92 valence electrons. The van der Waals surface area contributed by atoms with Crippen LogP contribution in [0, 0.1) is 5.41 Å². The highest BCUT2D eigenvalue weighted by atomic mass is 16.3. The topological polar surface area (TPSA) is 20.2 Å². The second-order valence-corrected chi connectivity index (χ2v) is 5.78. The van der Waals surface area contributed by atoms with E-state index in [-0.39, 0.29) is 11.5 Å². The monoisotopic (exact) mass is 222 g/mol. The second kappa shape index (κ2) is 5.67. The van der Waals surface area contributed by atoms with Gasteiger partial charge in [-0.15, -0.1) is 0 Å². The Bertz CT molecular complexity index is 284. The summed E-state index contributed by atoms with van der Waals surface area (Å²) in [6.45, 7) is 8.64. The molecule has 2 unspecified atom stereocenters. The molecule has 1 N–H and O–H groups in total. The Hall–Kier alpha value is -0.560. The van der Waals surface area contributed by atoms with Gasteiger partial charge in [0.25, 0.3) is 0 Å². The summed E-state index contributed by atoms with van der Waals surface area (Å²) in [5, 5.41) is 10.3. The van der Waals surface area contributed by atoms with Crippen LogP contribution in [0.25, 0.3) is 0 Å². The van der Waals surface area contributed by atoms with Gasteiger partial charge < -0.3 is 5.11 Å². The molecule has 0 amide bonds. The lowest BCUT2D eigenvalue weighted by Gasteiger charge is -2.36. The number of aliphatic hydroxyl groups excluding tert-OH is 1. The maximum atomic E-state index is 10.3. The van der Waals surface area contributed by atoms with E-state index in [2.05, 4.69) is 39.8 Å². The molecule has 0 bridgehead atoms. The predicted molar refractivity (Wildman–Crippen MR) is 70.4 cm³/mol. The molecule has 0 spiro atoms. The van der Waals surface area contributed by atoms with Gasteiger partial charge in [0.1, 0.15) is 0 Å². The molecule has 0 fully saturated rings. The van der Waals surface area contributed by atoms with Crippen molar-refractivity contribution in [1.29, 1.82) is 0 Å². The van der Waals surface area contributed by atoms with Gasteiger partial charge in [-0.3, -0.25) is 0 Å². The first-order valence-electron chi connectivity index (χ1n) is 6.41. The molecule has 16 heavy (non-hydrogen) atoms. The van der Waals surface area contributed by atoms with E-state index < -0.39 is 0 Å². The average molecular weight is 222 g/mol. The lowest BCUT2D eigenvalue weighted by molar-refractivity contribution is 0.0238. The molecule has 1 nitrogen and oxygen atoms in total. The third kappa shape index (κ3) is 3.79. The molecule has 0 aliphatic heterocycles. The zero-order chi connectivity index (χ0) is 12.2. The number of aliphatic hydroxyl groups is 1. The van der Waals surface area contributed by atoms with Crippen molar-refractivity contribution in [2.24, 2.45) is 5.41 Å². The number of rotatable bonds is 4. The van der Waals surface area contributed by atoms with Gasteiger partial charge in [0, 0.05) is 0 Å². The Morgan fingerprint density at radius 2 is 2.25 bits per heavy atom. The maximum absolute atomic E-state index is 10.3. The fourth-order valence-corrected chi connectivity index (χ4v) is 2.28. The van der Waals surface area contributed by atoms with Crippen molar-refractivity contribution in [3.8, 4) is 0 Å². The highest BCUT2D eigenvalue weighted by Crippen LogP contribution is 2.39. The van der Waals surface area contributed by atoms with Gasteiger partial charge in [0.15, 0.2) is 0 Å². The summed E-state index contributed by atoms with van der Waals surface area (Å²) in [6.07, 6.45) is 9.57. The molecule has 0 saturated heterocycles. The van der Waals surface area contributed by atoms with E-state index in [0.29, 0.717) is 0 Å². The smallest absolute Gasteiger partial charge is 0.0599 e. The quantitative estimate of drug-likeness (QED) is 0.706. The molecule has 1 aliphatic rings. The summed E-state index contributed by atoms with van der Waals surface area (Å²) in [7, 11) is 0. The largest absolute Gasteiger partial charge is 0.393 e. The molecular formula is C15H26O. The third-order valence-corrected chi connectivity index (χ3v) is 3.80. The molecule has 0 aromatic carbocycles. The molecule has 0 radical (unpaired) electrons. The average Bonchev–Trinajstić information content (AvgIpc) is 2.22. The van der Waals surface area contributed by atoms with Crippen LogP contribution >= 0.6 is 0 Å². The van der Waals surface area contributed by atoms with Gasteiger partial charge in [0.2, 0.25) is 0 Å². The van der Waals surface area contributed by atoms with Crippen LogP contribution in [0.5, 0.6) is 0 Å². The Labute approximate surface area is 100 Å².